The van der Waals surface area contributed by atoms with Crippen LogP contribution in [0.5, 0.6) is 0 Å². The van der Waals surface area contributed by atoms with Crippen molar-refractivity contribution >= 4 is 21.6 Å². The van der Waals surface area contributed by atoms with Gasteiger partial charge in [-0.05, 0) is 18.2 Å². The summed E-state index contributed by atoms with van der Waals surface area (Å²) in [6, 6.07) is 4.27. The van der Waals surface area contributed by atoms with Crippen molar-refractivity contribution in [2.75, 3.05) is 5.43 Å². The van der Waals surface area contributed by atoms with Crippen LogP contribution in [0.25, 0.3) is 0 Å². The minimum atomic E-state index is -2.48. The first kappa shape index (κ1) is 9.41. The highest BCUT2D eigenvalue weighted by Gasteiger charge is 2.08. The standard InChI is InChI=1S/C7H7BrF2N2/c8-5-1-4(7(9)10)2-6(3-5)12-11/h1-3,7,12H,11H2. The van der Waals surface area contributed by atoms with Crippen LogP contribution in [0.1, 0.15) is 12.0 Å². The number of alkyl halides is 2. The van der Waals surface area contributed by atoms with Crippen molar-refractivity contribution in [2.45, 2.75) is 6.43 Å². The average molecular weight is 237 g/mol. The molecule has 0 radical (unpaired) electrons. The lowest BCUT2D eigenvalue weighted by Crippen LogP contribution is -2.06. The van der Waals surface area contributed by atoms with Gasteiger partial charge in [-0.25, -0.2) is 8.78 Å². The summed E-state index contributed by atoms with van der Waals surface area (Å²) in [6.45, 7) is 0. The minimum absolute atomic E-state index is 0.0580. The first-order chi connectivity index (χ1) is 5.63. The van der Waals surface area contributed by atoms with Crippen LogP contribution >= 0.6 is 15.9 Å². The first-order valence-electron chi connectivity index (χ1n) is 3.18. The molecule has 0 aliphatic heterocycles. The van der Waals surface area contributed by atoms with Crippen molar-refractivity contribution in [3.05, 3.63) is 28.2 Å². The molecule has 1 rings (SSSR count). The maximum absolute atomic E-state index is 12.2. The van der Waals surface area contributed by atoms with Gasteiger partial charge in [-0.1, -0.05) is 15.9 Å². The van der Waals surface area contributed by atoms with Crippen molar-refractivity contribution in [1.82, 2.24) is 0 Å². The van der Waals surface area contributed by atoms with E-state index in [0.29, 0.717) is 10.2 Å². The monoisotopic (exact) mass is 236 g/mol. The molecule has 5 heteroatoms. The molecule has 0 aliphatic carbocycles. The Kier molecular flexibility index (Phi) is 2.99. The van der Waals surface area contributed by atoms with E-state index in [0.717, 1.165) is 0 Å². The molecule has 1 aromatic rings. The molecule has 3 N–H and O–H groups in total. The molecule has 1 aromatic carbocycles. The molecule has 2 nitrogen and oxygen atoms in total. The van der Waals surface area contributed by atoms with Crippen molar-refractivity contribution in [1.29, 1.82) is 0 Å². The van der Waals surface area contributed by atoms with E-state index in [9.17, 15) is 8.78 Å². The van der Waals surface area contributed by atoms with Gasteiger partial charge in [0.25, 0.3) is 6.43 Å². The van der Waals surface area contributed by atoms with Crippen molar-refractivity contribution in [3.63, 3.8) is 0 Å². The summed E-state index contributed by atoms with van der Waals surface area (Å²) in [7, 11) is 0. The van der Waals surface area contributed by atoms with Crippen molar-refractivity contribution in [2.24, 2.45) is 5.84 Å². The molecule has 0 saturated heterocycles. The number of benzene rings is 1. The normalized spacial score (nSPS) is 10.4. The molecular weight excluding hydrogens is 230 g/mol. The third-order valence-corrected chi connectivity index (χ3v) is 1.80. The van der Waals surface area contributed by atoms with Crippen LogP contribution in [-0.4, -0.2) is 0 Å². The first-order valence-corrected chi connectivity index (χ1v) is 3.98. The van der Waals surface area contributed by atoms with Crippen molar-refractivity contribution < 1.29 is 8.78 Å². The molecular formula is C7H7BrF2N2. The van der Waals surface area contributed by atoms with Crippen molar-refractivity contribution in [3.8, 4) is 0 Å². The highest BCUT2D eigenvalue weighted by molar-refractivity contribution is 9.10. The van der Waals surface area contributed by atoms with Gasteiger partial charge in [0.2, 0.25) is 0 Å². The van der Waals surface area contributed by atoms with Gasteiger partial charge in [0, 0.05) is 10.0 Å². The summed E-state index contributed by atoms with van der Waals surface area (Å²) in [5, 5.41) is 0. The molecule has 66 valence electrons. The number of hydrogen-bond donors (Lipinski definition) is 2. The lowest BCUT2D eigenvalue weighted by atomic mass is 10.2. The van der Waals surface area contributed by atoms with Gasteiger partial charge in [0.1, 0.15) is 0 Å². The molecule has 0 aromatic heterocycles. The zero-order valence-corrected chi connectivity index (χ0v) is 7.61. The quantitative estimate of drug-likeness (QED) is 0.613. The maximum atomic E-state index is 12.2. The fourth-order valence-electron chi connectivity index (χ4n) is 0.822. The molecule has 0 spiro atoms. The lowest BCUT2D eigenvalue weighted by molar-refractivity contribution is 0.151. The Morgan fingerprint density at radius 2 is 2.00 bits per heavy atom. The molecule has 12 heavy (non-hydrogen) atoms. The van der Waals surface area contributed by atoms with E-state index >= 15 is 0 Å². The second-order valence-electron chi connectivity index (χ2n) is 2.22. The highest BCUT2D eigenvalue weighted by atomic mass is 79.9. The molecule has 0 atom stereocenters. The Balaban J connectivity index is 3.06. The fourth-order valence-corrected chi connectivity index (χ4v) is 1.33. The number of nitrogen functional groups attached to an aromatic ring is 1. The highest BCUT2D eigenvalue weighted by Crippen LogP contribution is 2.26. The summed E-state index contributed by atoms with van der Waals surface area (Å²) in [4.78, 5) is 0. The van der Waals surface area contributed by atoms with Crippen LogP contribution in [0.3, 0.4) is 0 Å². The number of nitrogens with two attached hydrogens (primary N) is 1. The van der Waals surface area contributed by atoms with Gasteiger partial charge in [-0.3, -0.25) is 5.84 Å². The summed E-state index contributed by atoms with van der Waals surface area (Å²) in [5.41, 5.74) is 2.70. The number of nitrogens with one attached hydrogen (secondary N) is 1. The largest absolute Gasteiger partial charge is 0.324 e. The van der Waals surface area contributed by atoms with Crippen LogP contribution in [0.2, 0.25) is 0 Å². The second kappa shape index (κ2) is 3.82. The number of hydrazine groups is 1. The smallest absolute Gasteiger partial charge is 0.263 e. The third kappa shape index (κ3) is 2.15. The summed E-state index contributed by atoms with van der Waals surface area (Å²) < 4.78 is 24.9. The van der Waals surface area contributed by atoms with Gasteiger partial charge in [-0.2, -0.15) is 0 Å². The van der Waals surface area contributed by atoms with E-state index in [-0.39, 0.29) is 5.56 Å². The number of halogens is 3. The van der Waals surface area contributed by atoms with E-state index in [1.165, 1.54) is 12.1 Å². The Labute approximate surface area is 76.9 Å². The topological polar surface area (TPSA) is 38.0 Å². The van der Waals surface area contributed by atoms with Crippen LogP contribution in [0.15, 0.2) is 22.7 Å². The van der Waals surface area contributed by atoms with E-state index in [1.807, 2.05) is 0 Å². The zero-order valence-electron chi connectivity index (χ0n) is 6.02. The van der Waals surface area contributed by atoms with Crippen LogP contribution in [-0.2, 0) is 0 Å². The molecule has 0 amide bonds. The molecule has 0 aliphatic rings. The predicted octanol–water partition coefficient (Wildman–Crippen LogP) is 2.67. The molecule has 0 fully saturated rings. The number of rotatable bonds is 2. The van der Waals surface area contributed by atoms with Crippen LogP contribution < -0.4 is 11.3 Å². The van der Waals surface area contributed by atoms with E-state index in [2.05, 4.69) is 21.4 Å². The van der Waals surface area contributed by atoms with Crippen LogP contribution in [0.4, 0.5) is 14.5 Å². The number of anilines is 1. The molecule has 0 saturated carbocycles. The summed E-state index contributed by atoms with van der Waals surface area (Å²) in [5.74, 6) is 5.07. The van der Waals surface area contributed by atoms with Gasteiger partial charge in [0.05, 0.1) is 5.69 Å². The second-order valence-corrected chi connectivity index (χ2v) is 3.13. The molecule has 0 heterocycles. The van der Waals surface area contributed by atoms with Gasteiger partial charge >= 0.3 is 0 Å². The Hall–Kier alpha value is -0.680. The maximum Gasteiger partial charge on any atom is 0.263 e. The Morgan fingerprint density at radius 1 is 1.33 bits per heavy atom. The molecule has 0 unspecified atom stereocenters. The van der Waals surface area contributed by atoms with E-state index in [4.69, 9.17) is 5.84 Å². The third-order valence-electron chi connectivity index (χ3n) is 1.34. The zero-order chi connectivity index (χ0) is 9.14. The fraction of sp³-hybridized carbons (Fsp3) is 0.143. The van der Waals surface area contributed by atoms with E-state index in [1.54, 1.807) is 6.07 Å². The van der Waals surface area contributed by atoms with Crippen LogP contribution in [0, 0.1) is 0 Å². The molecule has 0 bridgehead atoms. The van der Waals surface area contributed by atoms with Gasteiger partial charge in [-0.15, -0.1) is 0 Å². The average Bonchev–Trinajstić information content (AvgIpc) is 2.03. The summed E-state index contributed by atoms with van der Waals surface area (Å²) in [6.07, 6.45) is -2.48. The Morgan fingerprint density at radius 3 is 2.50 bits per heavy atom. The summed E-state index contributed by atoms with van der Waals surface area (Å²) >= 11 is 3.09. The van der Waals surface area contributed by atoms with Gasteiger partial charge in [0.15, 0.2) is 0 Å². The Bertz CT molecular complexity index is 278. The van der Waals surface area contributed by atoms with E-state index < -0.39 is 6.43 Å². The number of hydrogen-bond acceptors (Lipinski definition) is 2. The SMILES string of the molecule is NNc1cc(Br)cc(C(F)F)c1. The minimum Gasteiger partial charge on any atom is -0.324 e. The van der Waals surface area contributed by atoms with Gasteiger partial charge < -0.3 is 5.43 Å². The predicted molar refractivity (Wildman–Crippen MR) is 46.9 cm³/mol. The lowest BCUT2D eigenvalue weighted by Gasteiger charge is -2.04.